The first-order valence-corrected chi connectivity index (χ1v) is 6.77. The van der Waals surface area contributed by atoms with Gasteiger partial charge in [0, 0.05) is 19.3 Å². The summed E-state index contributed by atoms with van der Waals surface area (Å²) in [4.78, 5) is 23.2. The fourth-order valence-corrected chi connectivity index (χ4v) is 1.97. The van der Waals surface area contributed by atoms with Gasteiger partial charge < -0.3 is 20.5 Å². The molecule has 0 saturated carbocycles. The molecule has 1 aromatic carbocycles. The quantitative estimate of drug-likeness (QED) is 0.629. The number of rotatable bonds is 8. The lowest BCUT2D eigenvalue weighted by molar-refractivity contribution is -0.141. The topological polar surface area (TPSA) is 87.7 Å². The molecule has 0 bridgehead atoms. The fraction of sp³-hybridized carbons (Fsp3) is 0.467. The van der Waals surface area contributed by atoms with E-state index in [9.17, 15) is 9.59 Å². The number of aliphatic carboxylic acids is 1. The zero-order valence-electron chi connectivity index (χ0n) is 12.6. The summed E-state index contributed by atoms with van der Waals surface area (Å²) in [5.74, 6) is -1.38. The van der Waals surface area contributed by atoms with Gasteiger partial charge in [0.25, 0.3) is 0 Å². The standard InChI is InChI=1S/C15H22N2O4/c1-10-5-4-6-11(2)14(10)17-13(18)9-12(15(19)20)16-7-8-21-3/h4-6,12,16H,7-9H2,1-3H3,(H,17,18)(H,19,20). The van der Waals surface area contributed by atoms with E-state index in [0.717, 1.165) is 16.8 Å². The van der Waals surface area contributed by atoms with Gasteiger partial charge in [0.1, 0.15) is 6.04 Å². The maximum atomic E-state index is 12.0. The van der Waals surface area contributed by atoms with E-state index in [1.165, 1.54) is 7.11 Å². The van der Waals surface area contributed by atoms with Crippen molar-refractivity contribution in [3.05, 3.63) is 29.3 Å². The van der Waals surface area contributed by atoms with Crippen LogP contribution in [0.15, 0.2) is 18.2 Å². The van der Waals surface area contributed by atoms with Crippen molar-refractivity contribution in [2.45, 2.75) is 26.3 Å². The van der Waals surface area contributed by atoms with Crippen LogP contribution in [0.25, 0.3) is 0 Å². The summed E-state index contributed by atoms with van der Waals surface area (Å²) >= 11 is 0. The minimum atomic E-state index is -1.05. The monoisotopic (exact) mass is 294 g/mol. The first-order chi connectivity index (χ1) is 9.95. The van der Waals surface area contributed by atoms with Gasteiger partial charge in [-0.2, -0.15) is 0 Å². The zero-order chi connectivity index (χ0) is 15.8. The van der Waals surface area contributed by atoms with Gasteiger partial charge in [-0.1, -0.05) is 18.2 Å². The molecular weight excluding hydrogens is 272 g/mol. The first-order valence-electron chi connectivity index (χ1n) is 6.77. The van der Waals surface area contributed by atoms with Crippen LogP contribution in [0.2, 0.25) is 0 Å². The molecule has 3 N–H and O–H groups in total. The SMILES string of the molecule is COCCNC(CC(=O)Nc1c(C)cccc1C)C(=O)O. The van der Waals surface area contributed by atoms with E-state index in [0.29, 0.717) is 13.2 Å². The lowest BCUT2D eigenvalue weighted by Gasteiger charge is -2.16. The number of carbonyl (C=O) groups is 2. The Hall–Kier alpha value is -1.92. The number of carboxylic acids is 1. The predicted molar refractivity (Wildman–Crippen MR) is 80.5 cm³/mol. The molecule has 1 amide bonds. The molecule has 1 rings (SSSR count). The van der Waals surface area contributed by atoms with Gasteiger partial charge >= 0.3 is 5.97 Å². The van der Waals surface area contributed by atoms with Gasteiger partial charge in [-0.15, -0.1) is 0 Å². The highest BCUT2D eigenvalue weighted by Crippen LogP contribution is 2.19. The van der Waals surface area contributed by atoms with Crippen LogP contribution < -0.4 is 10.6 Å². The van der Waals surface area contributed by atoms with Gasteiger partial charge in [0.15, 0.2) is 0 Å². The van der Waals surface area contributed by atoms with Gasteiger partial charge in [-0.05, 0) is 25.0 Å². The zero-order valence-corrected chi connectivity index (χ0v) is 12.6. The number of anilines is 1. The van der Waals surface area contributed by atoms with E-state index < -0.39 is 12.0 Å². The molecule has 1 atom stereocenters. The molecule has 0 fully saturated rings. The number of amides is 1. The molecule has 116 valence electrons. The highest BCUT2D eigenvalue weighted by molar-refractivity contribution is 5.95. The molecule has 0 aliphatic carbocycles. The maximum Gasteiger partial charge on any atom is 0.321 e. The molecule has 0 radical (unpaired) electrons. The Balaban J connectivity index is 2.63. The molecule has 6 nitrogen and oxygen atoms in total. The van der Waals surface area contributed by atoms with Crippen molar-refractivity contribution < 1.29 is 19.4 Å². The van der Waals surface area contributed by atoms with Gasteiger partial charge in [-0.3, -0.25) is 9.59 Å². The van der Waals surface area contributed by atoms with Gasteiger partial charge in [0.2, 0.25) is 5.91 Å². The molecular formula is C15H22N2O4. The van der Waals surface area contributed by atoms with Crippen molar-refractivity contribution in [1.82, 2.24) is 5.32 Å². The molecule has 0 aliphatic heterocycles. The maximum absolute atomic E-state index is 12.0. The molecule has 0 spiro atoms. The number of benzene rings is 1. The molecule has 21 heavy (non-hydrogen) atoms. The number of hydrogen-bond acceptors (Lipinski definition) is 4. The number of nitrogens with one attached hydrogen (secondary N) is 2. The number of carbonyl (C=O) groups excluding carboxylic acids is 1. The first kappa shape index (κ1) is 17.1. The molecule has 0 aliphatic rings. The smallest absolute Gasteiger partial charge is 0.321 e. The van der Waals surface area contributed by atoms with Crippen LogP contribution in [-0.4, -0.2) is 43.3 Å². The number of ether oxygens (including phenoxy) is 1. The third-order valence-corrected chi connectivity index (χ3v) is 3.13. The summed E-state index contributed by atoms with van der Waals surface area (Å²) in [6.07, 6.45) is -0.132. The molecule has 0 saturated heterocycles. The van der Waals surface area contributed by atoms with Gasteiger partial charge in [-0.25, -0.2) is 0 Å². The Kier molecular flexibility index (Phi) is 6.84. The average molecular weight is 294 g/mol. The van der Waals surface area contributed by atoms with Crippen LogP contribution in [0.1, 0.15) is 17.5 Å². The van der Waals surface area contributed by atoms with Crippen LogP contribution in [0.3, 0.4) is 0 Å². The minimum absolute atomic E-state index is 0.132. The normalized spacial score (nSPS) is 12.0. The Labute approximate surface area is 124 Å². The van der Waals surface area contributed by atoms with Crippen molar-refractivity contribution >= 4 is 17.6 Å². The highest BCUT2D eigenvalue weighted by atomic mass is 16.5. The Morgan fingerprint density at radius 2 is 1.90 bits per heavy atom. The van der Waals surface area contributed by atoms with E-state index in [1.807, 2.05) is 32.0 Å². The predicted octanol–water partition coefficient (Wildman–Crippen LogP) is 1.32. The van der Waals surface area contributed by atoms with Crippen molar-refractivity contribution in [1.29, 1.82) is 0 Å². The fourth-order valence-electron chi connectivity index (χ4n) is 1.97. The second kappa shape index (κ2) is 8.39. The molecule has 6 heteroatoms. The summed E-state index contributed by atoms with van der Waals surface area (Å²) in [6.45, 7) is 4.56. The number of carboxylic acid groups (broad SMARTS) is 1. The number of methoxy groups -OCH3 is 1. The second-order valence-electron chi connectivity index (χ2n) is 4.86. The van der Waals surface area contributed by atoms with Crippen LogP contribution >= 0.6 is 0 Å². The van der Waals surface area contributed by atoms with Crippen molar-refractivity contribution in [3.8, 4) is 0 Å². The van der Waals surface area contributed by atoms with Crippen LogP contribution in [0.4, 0.5) is 5.69 Å². The molecule has 1 aromatic rings. The Bertz CT molecular complexity index is 482. The van der Waals surface area contributed by atoms with E-state index in [-0.39, 0.29) is 12.3 Å². The van der Waals surface area contributed by atoms with Crippen molar-refractivity contribution in [2.75, 3.05) is 25.6 Å². The van der Waals surface area contributed by atoms with Gasteiger partial charge in [0.05, 0.1) is 13.0 Å². The number of aryl methyl sites for hydroxylation is 2. The lowest BCUT2D eigenvalue weighted by atomic mass is 10.1. The lowest BCUT2D eigenvalue weighted by Crippen LogP contribution is -2.41. The third kappa shape index (κ3) is 5.53. The average Bonchev–Trinajstić information content (AvgIpc) is 2.42. The van der Waals surface area contributed by atoms with E-state index in [1.54, 1.807) is 0 Å². The highest BCUT2D eigenvalue weighted by Gasteiger charge is 2.21. The van der Waals surface area contributed by atoms with E-state index in [2.05, 4.69) is 10.6 Å². The van der Waals surface area contributed by atoms with Crippen LogP contribution in [-0.2, 0) is 14.3 Å². The molecule has 0 aromatic heterocycles. The van der Waals surface area contributed by atoms with Crippen molar-refractivity contribution in [2.24, 2.45) is 0 Å². The van der Waals surface area contributed by atoms with E-state index in [4.69, 9.17) is 9.84 Å². The Morgan fingerprint density at radius 3 is 2.43 bits per heavy atom. The second-order valence-corrected chi connectivity index (χ2v) is 4.86. The number of para-hydroxylation sites is 1. The summed E-state index contributed by atoms with van der Waals surface area (Å²) in [5.41, 5.74) is 2.63. The summed E-state index contributed by atoms with van der Waals surface area (Å²) in [7, 11) is 1.53. The van der Waals surface area contributed by atoms with Crippen molar-refractivity contribution in [3.63, 3.8) is 0 Å². The summed E-state index contributed by atoms with van der Waals surface area (Å²) < 4.78 is 4.85. The van der Waals surface area contributed by atoms with E-state index >= 15 is 0 Å². The minimum Gasteiger partial charge on any atom is -0.480 e. The van der Waals surface area contributed by atoms with Crippen LogP contribution in [0, 0.1) is 13.8 Å². The summed E-state index contributed by atoms with van der Waals surface area (Å²) in [6, 6.07) is 4.78. The van der Waals surface area contributed by atoms with Crippen LogP contribution in [0.5, 0.6) is 0 Å². The largest absolute Gasteiger partial charge is 0.480 e. The number of hydrogen-bond donors (Lipinski definition) is 3. The Morgan fingerprint density at radius 1 is 1.29 bits per heavy atom. The summed E-state index contributed by atoms with van der Waals surface area (Å²) in [5, 5.41) is 14.7. The molecule has 1 unspecified atom stereocenters. The third-order valence-electron chi connectivity index (χ3n) is 3.13. The molecule has 0 heterocycles.